The molecule has 174 valence electrons. The molecule has 1 aliphatic rings. The minimum absolute atomic E-state index is 0.172. The standard InChI is InChI=1S/C25H26FN7O/c26-20-9-4-5-10-22(20)32-17-15-31(16-18-32)14-6-13-27-25(34)24-29-28-23-12-11-21(30-33(23)24)19-7-2-1-3-8-19/h1-5,7-12H,6,13-18H2,(H,27,34). The molecular formula is C25H26FN7O. The van der Waals surface area contributed by atoms with Crippen molar-refractivity contribution in [2.45, 2.75) is 6.42 Å². The lowest BCUT2D eigenvalue weighted by Gasteiger charge is -2.36. The van der Waals surface area contributed by atoms with Gasteiger partial charge in [-0.15, -0.1) is 10.2 Å². The zero-order valence-electron chi connectivity index (χ0n) is 18.8. The van der Waals surface area contributed by atoms with Crippen molar-refractivity contribution in [1.29, 1.82) is 0 Å². The van der Waals surface area contributed by atoms with Gasteiger partial charge in [0.05, 0.1) is 11.4 Å². The number of benzene rings is 2. The fourth-order valence-electron chi connectivity index (χ4n) is 4.20. The lowest BCUT2D eigenvalue weighted by Crippen LogP contribution is -2.47. The van der Waals surface area contributed by atoms with Crippen LogP contribution in [-0.2, 0) is 0 Å². The van der Waals surface area contributed by atoms with Gasteiger partial charge in [-0.05, 0) is 37.2 Å². The molecule has 1 amide bonds. The summed E-state index contributed by atoms with van der Waals surface area (Å²) in [5.74, 6) is -0.300. The molecule has 1 N–H and O–H groups in total. The number of amides is 1. The summed E-state index contributed by atoms with van der Waals surface area (Å²) >= 11 is 0. The number of anilines is 1. The second kappa shape index (κ2) is 9.96. The highest BCUT2D eigenvalue weighted by Gasteiger charge is 2.19. The van der Waals surface area contributed by atoms with Crippen LogP contribution in [0.15, 0.2) is 66.7 Å². The summed E-state index contributed by atoms with van der Waals surface area (Å²) in [7, 11) is 0. The topological polar surface area (TPSA) is 78.7 Å². The maximum atomic E-state index is 14.0. The Morgan fingerprint density at radius 2 is 1.68 bits per heavy atom. The molecule has 2 aromatic heterocycles. The first-order chi connectivity index (χ1) is 16.7. The molecule has 1 saturated heterocycles. The minimum Gasteiger partial charge on any atom is -0.367 e. The molecule has 2 aromatic carbocycles. The van der Waals surface area contributed by atoms with E-state index >= 15 is 0 Å². The number of hydrogen-bond acceptors (Lipinski definition) is 6. The molecule has 4 aromatic rings. The zero-order chi connectivity index (χ0) is 23.3. The molecule has 1 aliphatic heterocycles. The van der Waals surface area contributed by atoms with E-state index in [4.69, 9.17) is 0 Å². The first-order valence-corrected chi connectivity index (χ1v) is 11.5. The van der Waals surface area contributed by atoms with Crippen molar-refractivity contribution in [3.8, 4) is 11.3 Å². The molecular weight excluding hydrogens is 433 g/mol. The first kappa shape index (κ1) is 22.0. The Labute approximate surface area is 197 Å². The monoisotopic (exact) mass is 459 g/mol. The molecule has 34 heavy (non-hydrogen) atoms. The van der Waals surface area contributed by atoms with E-state index in [1.165, 1.54) is 10.6 Å². The Morgan fingerprint density at radius 3 is 2.47 bits per heavy atom. The SMILES string of the molecule is O=C(NCCCN1CCN(c2ccccc2F)CC1)c1nnc2ccc(-c3ccccc3)nn12. The molecule has 0 aliphatic carbocycles. The van der Waals surface area contributed by atoms with Gasteiger partial charge in [-0.3, -0.25) is 9.69 Å². The second-order valence-corrected chi connectivity index (χ2v) is 8.27. The first-order valence-electron chi connectivity index (χ1n) is 11.5. The summed E-state index contributed by atoms with van der Waals surface area (Å²) in [6, 6.07) is 20.3. The summed E-state index contributed by atoms with van der Waals surface area (Å²) in [4.78, 5) is 17.1. The molecule has 0 unspecified atom stereocenters. The highest BCUT2D eigenvalue weighted by Crippen LogP contribution is 2.20. The van der Waals surface area contributed by atoms with Crippen molar-refractivity contribution in [3.05, 3.63) is 78.4 Å². The van der Waals surface area contributed by atoms with Crippen molar-refractivity contribution in [2.75, 3.05) is 44.2 Å². The van der Waals surface area contributed by atoms with Crippen LogP contribution in [0.2, 0.25) is 0 Å². The number of nitrogens with one attached hydrogen (secondary N) is 1. The summed E-state index contributed by atoms with van der Waals surface area (Å²) in [6.45, 7) is 4.69. The molecule has 0 saturated carbocycles. The number of halogens is 1. The van der Waals surface area contributed by atoms with Gasteiger partial charge < -0.3 is 10.2 Å². The van der Waals surface area contributed by atoms with Crippen LogP contribution in [0.4, 0.5) is 10.1 Å². The smallest absolute Gasteiger partial charge is 0.291 e. The van der Waals surface area contributed by atoms with Crippen LogP contribution in [-0.4, -0.2) is 69.9 Å². The summed E-state index contributed by atoms with van der Waals surface area (Å²) in [6.07, 6.45) is 0.810. The molecule has 5 rings (SSSR count). The van der Waals surface area contributed by atoms with Gasteiger partial charge in [0.25, 0.3) is 5.91 Å². The largest absolute Gasteiger partial charge is 0.367 e. The number of piperazine rings is 1. The number of rotatable bonds is 7. The van der Waals surface area contributed by atoms with Crippen molar-refractivity contribution < 1.29 is 9.18 Å². The van der Waals surface area contributed by atoms with Gasteiger partial charge in [0, 0.05) is 38.3 Å². The Kier molecular flexibility index (Phi) is 6.44. The normalized spacial score (nSPS) is 14.4. The van der Waals surface area contributed by atoms with E-state index in [1.54, 1.807) is 12.1 Å². The van der Waals surface area contributed by atoms with E-state index in [1.807, 2.05) is 48.5 Å². The van der Waals surface area contributed by atoms with E-state index in [0.717, 1.165) is 50.4 Å². The van der Waals surface area contributed by atoms with Crippen molar-refractivity contribution in [3.63, 3.8) is 0 Å². The quantitative estimate of drug-likeness (QED) is 0.428. The zero-order valence-corrected chi connectivity index (χ0v) is 18.8. The number of carbonyl (C=O) groups is 1. The number of carbonyl (C=O) groups excluding carboxylic acids is 1. The van der Waals surface area contributed by atoms with E-state index in [2.05, 4.69) is 30.4 Å². The van der Waals surface area contributed by atoms with E-state index in [-0.39, 0.29) is 17.5 Å². The third-order valence-corrected chi connectivity index (χ3v) is 6.04. The Balaban J connectivity index is 1.12. The van der Waals surface area contributed by atoms with Crippen LogP contribution in [0.3, 0.4) is 0 Å². The predicted octanol–water partition coefficient (Wildman–Crippen LogP) is 2.87. The van der Waals surface area contributed by atoms with Gasteiger partial charge >= 0.3 is 0 Å². The molecule has 0 atom stereocenters. The average Bonchev–Trinajstić information content (AvgIpc) is 3.31. The predicted molar refractivity (Wildman–Crippen MR) is 128 cm³/mol. The number of aromatic nitrogens is 4. The van der Waals surface area contributed by atoms with E-state index in [0.29, 0.717) is 17.9 Å². The van der Waals surface area contributed by atoms with Crippen LogP contribution in [0.1, 0.15) is 17.0 Å². The van der Waals surface area contributed by atoms with Crippen molar-refractivity contribution in [2.24, 2.45) is 0 Å². The third kappa shape index (κ3) is 4.74. The Morgan fingerprint density at radius 1 is 0.912 bits per heavy atom. The number of para-hydroxylation sites is 1. The van der Waals surface area contributed by atoms with Crippen LogP contribution >= 0.6 is 0 Å². The molecule has 8 nitrogen and oxygen atoms in total. The summed E-state index contributed by atoms with van der Waals surface area (Å²) < 4.78 is 15.5. The number of hydrogen-bond donors (Lipinski definition) is 1. The Bertz CT molecular complexity index is 1270. The molecule has 1 fully saturated rings. The Hall–Kier alpha value is -3.85. The number of nitrogens with zero attached hydrogens (tertiary/aromatic N) is 6. The molecule has 3 heterocycles. The van der Waals surface area contributed by atoms with Gasteiger partial charge in [0.2, 0.25) is 5.82 Å². The van der Waals surface area contributed by atoms with Crippen LogP contribution in [0.5, 0.6) is 0 Å². The van der Waals surface area contributed by atoms with Gasteiger partial charge in [-0.2, -0.15) is 9.61 Å². The van der Waals surface area contributed by atoms with Gasteiger partial charge in [0.1, 0.15) is 5.82 Å². The number of fused-ring (bicyclic) bond motifs is 1. The summed E-state index contributed by atoms with van der Waals surface area (Å²) in [5.41, 5.74) is 2.90. The average molecular weight is 460 g/mol. The maximum Gasteiger partial charge on any atom is 0.291 e. The fraction of sp³-hybridized carbons (Fsp3) is 0.280. The fourth-order valence-corrected chi connectivity index (χ4v) is 4.20. The molecule has 0 spiro atoms. The van der Waals surface area contributed by atoms with Crippen molar-refractivity contribution in [1.82, 2.24) is 30.0 Å². The lowest BCUT2D eigenvalue weighted by atomic mass is 10.1. The van der Waals surface area contributed by atoms with E-state index in [9.17, 15) is 9.18 Å². The van der Waals surface area contributed by atoms with Crippen molar-refractivity contribution >= 4 is 17.2 Å². The van der Waals surface area contributed by atoms with Gasteiger partial charge in [-0.1, -0.05) is 42.5 Å². The van der Waals surface area contributed by atoms with Crippen LogP contribution < -0.4 is 10.2 Å². The lowest BCUT2D eigenvalue weighted by molar-refractivity contribution is 0.0938. The van der Waals surface area contributed by atoms with Crippen LogP contribution in [0.25, 0.3) is 16.9 Å². The molecule has 0 bridgehead atoms. The maximum absolute atomic E-state index is 14.0. The second-order valence-electron chi connectivity index (χ2n) is 8.27. The van der Waals surface area contributed by atoms with Crippen LogP contribution in [0, 0.1) is 5.82 Å². The molecule has 0 radical (unpaired) electrons. The van der Waals surface area contributed by atoms with Gasteiger partial charge in [0.15, 0.2) is 5.65 Å². The van der Waals surface area contributed by atoms with E-state index < -0.39 is 0 Å². The minimum atomic E-state index is -0.297. The molecule has 9 heteroatoms. The highest BCUT2D eigenvalue weighted by molar-refractivity contribution is 5.91. The van der Waals surface area contributed by atoms with Gasteiger partial charge in [-0.25, -0.2) is 4.39 Å². The third-order valence-electron chi connectivity index (χ3n) is 6.04. The highest BCUT2D eigenvalue weighted by atomic mass is 19.1. The summed E-state index contributed by atoms with van der Waals surface area (Å²) in [5, 5.41) is 15.6.